The van der Waals surface area contributed by atoms with E-state index in [-0.39, 0.29) is 11.6 Å². The van der Waals surface area contributed by atoms with Crippen molar-refractivity contribution in [3.05, 3.63) is 29.8 Å². The Hall–Kier alpha value is -1.71. The van der Waals surface area contributed by atoms with Gasteiger partial charge in [-0.05, 0) is 49.8 Å². The highest BCUT2D eigenvalue weighted by atomic mass is 16.5. The van der Waals surface area contributed by atoms with Crippen molar-refractivity contribution in [3.63, 3.8) is 0 Å². The van der Waals surface area contributed by atoms with E-state index in [9.17, 15) is 4.79 Å². The van der Waals surface area contributed by atoms with Crippen LogP contribution in [-0.4, -0.2) is 31.1 Å². The molecule has 1 aliphatic heterocycles. The molecule has 1 saturated heterocycles. The predicted molar refractivity (Wildman–Crippen MR) is 77.9 cm³/mol. The molecule has 20 heavy (non-hydrogen) atoms. The van der Waals surface area contributed by atoms with E-state index in [1.807, 2.05) is 17.0 Å². The number of carbonyl (C=O) groups is 1. The first-order valence-electron chi connectivity index (χ1n) is 7.45. The number of rotatable bonds is 3. The molecule has 2 fully saturated rings. The van der Waals surface area contributed by atoms with Crippen LogP contribution in [0.15, 0.2) is 24.3 Å². The summed E-state index contributed by atoms with van der Waals surface area (Å²) in [6, 6.07) is 8.13. The lowest BCUT2D eigenvalue weighted by atomic mass is 10.0. The third-order valence-corrected chi connectivity index (χ3v) is 4.38. The largest absolute Gasteiger partial charge is 0.497 e. The zero-order valence-electron chi connectivity index (χ0n) is 12.0. The first-order valence-corrected chi connectivity index (χ1v) is 7.45. The van der Waals surface area contributed by atoms with Crippen LogP contribution in [0.4, 0.5) is 4.79 Å². The molecule has 1 heterocycles. The smallest absolute Gasteiger partial charge is 0.318 e. The number of likely N-dealkylation sites (tertiary alicyclic amines) is 1. The summed E-state index contributed by atoms with van der Waals surface area (Å²) in [5.41, 5.74) is 1.05. The number of urea groups is 1. The van der Waals surface area contributed by atoms with Crippen molar-refractivity contribution in [2.45, 2.75) is 37.6 Å². The van der Waals surface area contributed by atoms with Crippen LogP contribution in [0.1, 0.15) is 37.7 Å². The summed E-state index contributed by atoms with van der Waals surface area (Å²) < 4.78 is 5.18. The maximum absolute atomic E-state index is 12.3. The number of ether oxygens (including phenoxy) is 1. The Morgan fingerprint density at radius 2 is 1.80 bits per heavy atom. The summed E-state index contributed by atoms with van der Waals surface area (Å²) in [7, 11) is 1.67. The fraction of sp³-hybridized carbons (Fsp3) is 0.562. The molecule has 0 spiro atoms. The molecule has 2 amide bonds. The zero-order valence-corrected chi connectivity index (χ0v) is 12.0. The third kappa shape index (κ3) is 2.60. The lowest BCUT2D eigenvalue weighted by Gasteiger charge is -2.29. The van der Waals surface area contributed by atoms with Crippen LogP contribution < -0.4 is 10.1 Å². The quantitative estimate of drug-likeness (QED) is 0.921. The van der Waals surface area contributed by atoms with E-state index >= 15 is 0 Å². The van der Waals surface area contributed by atoms with E-state index in [1.165, 1.54) is 12.0 Å². The Labute approximate surface area is 120 Å². The minimum atomic E-state index is -0.138. The summed E-state index contributed by atoms with van der Waals surface area (Å²) in [4.78, 5) is 14.3. The van der Waals surface area contributed by atoms with Crippen LogP contribution in [0, 0.1) is 0 Å². The standard InChI is InChI=1S/C16H22N2O2/c1-20-14-7-5-13(6-8-14)16(9-10-16)17-15(19)18-11-3-2-4-12-18/h5-8H,2-4,9-12H2,1H3,(H,17,19). The topological polar surface area (TPSA) is 41.6 Å². The van der Waals surface area contributed by atoms with Gasteiger partial charge in [0.1, 0.15) is 5.75 Å². The highest BCUT2D eigenvalue weighted by Gasteiger charge is 2.46. The van der Waals surface area contributed by atoms with Crippen LogP contribution in [-0.2, 0) is 5.54 Å². The molecule has 1 saturated carbocycles. The Morgan fingerprint density at radius 3 is 2.35 bits per heavy atom. The molecule has 0 aromatic heterocycles. The number of benzene rings is 1. The zero-order chi connectivity index (χ0) is 14.0. The van der Waals surface area contributed by atoms with Crippen molar-refractivity contribution in [1.29, 1.82) is 0 Å². The lowest BCUT2D eigenvalue weighted by Crippen LogP contribution is -2.46. The summed E-state index contributed by atoms with van der Waals surface area (Å²) in [5.74, 6) is 0.854. The Kier molecular flexibility index (Phi) is 3.55. The van der Waals surface area contributed by atoms with Crippen molar-refractivity contribution in [1.82, 2.24) is 10.2 Å². The maximum Gasteiger partial charge on any atom is 0.318 e. The average molecular weight is 274 g/mol. The van der Waals surface area contributed by atoms with Crippen molar-refractivity contribution in [2.24, 2.45) is 0 Å². The second-order valence-electron chi connectivity index (χ2n) is 5.79. The number of nitrogens with zero attached hydrogens (tertiary/aromatic N) is 1. The molecular weight excluding hydrogens is 252 g/mol. The lowest BCUT2D eigenvalue weighted by molar-refractivity contribution is 0.181. The molecular formula is C16H22N2O2. The van der Waals surface area contributed by atoms with Crippen LogP contribution >= 0.6 is 0 Å². The molecule has 1 aromatic carbocycles. The number of carbonyl (C=O) groups excluding carboxylic acids is 1. The Bertz CT molecular complexity index is 474. The van der Waals surface area contributed by atoms with Gasteiger partial charge in [0, 0.05) is 13.1 Å². The maximum atomic E-state index is 12.3. The first kappa shape index (κ1) is 13.3. The molecule has 0 atom stereocenters. The SMILES string of the molecule is COc1ccc(C2(NC(=O)N3CCCCC3)CC2)cc1. The normalized spacial score (nSPS) is 20.4. The summed E-state index contributed by atoms with van der Waals surface area (Å²) in [6.07, 6.45) is 5.55. The van der Waals surface area contributed by atoms with Crippen molar-refractivity contribution in [2.75, 3.05) is 20.2 Å². The average Bonchev–Trinajstić information content (AvgIpc) is 3.29. The summed E-state index contributed by atoms with van der Waals surface area (Å²) in [5, 5.41) is 3.24. The van der Waals surface area contributed by atoms with Gasteiger partial charge in [-0.1, -0.05) is 12.1 Å². The minimum absolute atomic E-state index is 0.0954. The van der Waals surface area contributed by atoms with Crippen LogP contribution in [0.25, 0.3) is 0 Å². The van der Waals surface area contributed by atoms with Crippen molar-refractivity contribution < 1.29 is 9.53 Å². The van der Waals surface area contributed by atoms with Gasteiger partial charge in [-0.15, -0.1) is 0 Å². The van der Waals surface area contributed by atoms with E-state index in [4.69, 9.17) is 4.74 Å². The minimum Gasteiger partial charge on any atom is -0.497 e. The molecule has 0 radical (unpaired) electrons. The van der Waals surface area contributed by atoms with Crippen LogP contribution in [0.2, 0.25) is 0 Å². The Balaban J connectivity index is 1.67. The van der Waals surface area contributed by atoms with Gasteiger partial charge in [0.15, 0.2) is 0 Å². The van der Waals surface area contributed by atoms with Crippen LogP contribution in [0.3, 0.4) is 0 Å². The highest BCUT2D eigenvalue weighted by Crippen LogP contribution is 2.46. The van der Waals surface area contributed by atoms with Gasteiger partial charge in [-0.25, -0.2) is 4.79 Å². The first-order chi connectivity index (χ1) is 9.73. The van der Waals surface area contributed by atoms with Crippen LogP contribution in [0.5, 0.6) is 5.75 Å². The van der Waals surface area contributed by atoms with Crippen molar-refractivity contribution in [3.8, 4) is 5.75 Å². The number of nitrogens with one attached hydrogen (secondary N) is 1. The fourth-order valence-electron chi connectivity index (χ4n) is 2.90. The molecule has 1 aliphatic carbocycles. The Morgan fingerprint density at radius 1 is 1.15 bits per heavy atom. The molecule has 2 aliphatic rings. The summed E-state index contributed by atoms with van der Waals surface area (Å²) >= 11 is 0. The molecule has 0 bridgehead atoms. The summed E-state index contributed by atoms with van der Waals surface area (Å²) in [6.45, 7) is 1.79. The third-order valence-electron chi connectivity index (χ3n) is 4.38. The number of hydrogen-bond acceptors (Lipinski definition) is 2. The van der Waals surface area contributed by atoms with Gasteiger partial charge in [-0.2, -0.15) is 0 Å². The number of amides is 2. The highest BCUT2D eigenvalue weighted by molar-refractivity contribution is 5.76. The van der Waals surface area contributed by atoms with Gasteiger partial charge >= 0.3 is 6.03 Å². The fourth-order valence-corrected chi connectivity index (χ4v) is 2.90. The van der Waals surface area contributed by atoms with Gasteiger partial charge in [-0.3, -0.25) is 0 Å². The van der Waals surface area contributed by atoms with E-state index in [0.29, 0.717) is 0 Å². The molecule has 0 unspecified atom stereocenters. The van der Waals surface area contributed by atoms with Gasteiger partial charge in [0.2, 0.25) is 0 Å². The molecule has 1 N–H and O–H groups in total. The monoisotopic (exact) mass is 274 g/mol. The number of methoxy groups -OCH3 is 1. The second kappa shape index (κ2) is 5.35. The van der Waals surface area contributed by atoms with Crippen molar-refractivity contribution >= 4 is 6.03 Å². The van der Waals surface area contributed by atoms with Gasteiger partial charge in [0.25, 0.3) is 0 Å². The second-order valence-corrected chi connectivity index (χ2v) is 5.79. The number of piperidine rings is 1. The van der Waals surface area contributed by atoms with E-state index in [2.05, 4.69) is 17.4 Å². The van der Waals surface area contributed by atoms with Gasteiger partial charge < -0.3 is 15.0 Å². The predicted octanol–water partition coefficient (Wildman–Crippen LogP) is 2.88. The van der Waals surface area contributed by atoms with E-state index in [0.717, 1.165) is 44.5 Å². The molecule has 4 nitrogen and oxygen atoms in total. The van der Waals surface area contributed by atoms with E-state index in [1.54, 1.807) is 7.11 Å². The van der Waals surface area contributed by atoms with Gasteiger partial charge in [0.05, 0.1) is 12.6 Å². The molecule has 3 rings (SSSR count). The molecule has 4 heteroatoms. The molecule has 108 valence electrons. The molecule has 1 aromatic rings. The van der Waals surface area contributed by atoms with E-state index < -0.39 is 0 Å². The number of hydrogen-bond donors (Lipinski definition) is 1.